The van der Waals surface area contributed by atoms with Gasteiger partial charge in [-0.3, -0.25) is 0 Å². The maximum absolute atomic E-state index is 10.6. The smallest absolute Gasteiger partial charge is 0.504 e. The Morgan fingerprint density at radius 2 is 1.76 bits per heavy atom. The van der Waals surface area contributed by atoms with Crippen LogP contribution in [0.25, 0.3) is 0 Å². The van der Waals surface area contributed by atoms with Gasteiger partial charge in [0.1, 0.15) is 0 Å². The van der Waals surface area contributed by atoms with Crippen molar-refractivity contribution >= 4 is 6.16 Å². The van der Waals surface area contributed by atoms with Crippen LogP contribution in [-0.2, 0) is 15.3 Å². The molecule has 1 rings (SSSR count). The van der Waals surface area contributed by atoms with E-state index in [9.17, 15) is 9.90 Å². The van der Waals surface area contributed by atoms with Crippen molar-refractivity contribution in [3.05, 3.63) is 23.8 Å². The summed E-state index contributed by atoms with van der Waals surface area (Å²) in [7, 11) is 0. The zero-order valence-electron chi connectivity index (χ0n) is 12.6. The molecule has 0 saturated carbocycles. The lowest BCUT2D eigenvalue weighted by atomic mass is 10.1. The number of rotatable bonds is 8. The minimum absolute atomic E-state index is 0.147. The summed E-state index contributed by atoms with van der Waals surface area (Å²) in [5.41, 5.74) is 0.336. The van der Waals surface area contributed by atoms with Gasteiger partial charge in [0.15, 0.2) is 17.3 Å². The molecule has 6 heteroatoms. The number of para-hydroxylation sites is 1. The largest absolute Gasteiger partial charge is 0.511 e. The molecule has 0 radical (unpaired) electrons. The predicted octanol–water partition coefficient (Wildman–Crippen LogP) is 3.47. The summed E-state index contributed by atoms with van der Waals surface area (Å²) in [6.45, 7) is 6.51. The molecule has 0 aliphatic rings. The summed E-state index contributed by atoms with van der Waals surface area (Å²) in [6, 6.07) is 4.57. The van der Waals surface area contributed by atoms with E-state index < -0.39 is 11.9 Å². The SMILES string of the molecule is CCCOC(C)(OCCC)c1cccc(OC(=O)O)c1O. The first-order valence-electron chi connectivity index (χ1n) is 6.95. The van der Waals surface area contributed by atoms with Gasteiger partial charge in [-0.05, 0) is 31.9 Å². The Hall–Kier alpha value is -1.79. The maximum atomic E-state index is 10.6. The van der Waals surface area contributed by atoms with E-state index in [4.69, 9.17) is 14.6 Å². The molecule has 21 heavy (non-hydrogen) atoms. The van der Waals surface area contributed by atoms with Crippen LogP contribution >= 0.6 is 0 Å². The van der Waals surface area contributed by atoms with Gasteiger partial charge >= 0.3 is 6.16 Å². The van der Waals surface area contributed by atoms with Crippen molar-refractivity contribution in [2.75, 3.05) is 13.2 Å². The first-order valence-corrected chi connectivity index (χ1v) is 6.95. The summed E-state index contributed by atoms with van der Waals surface area (Å²) in [4.78, 5) is 10.6. The number of carbonyl (C=O) groups is 1. The van der Waals surface area contributed by atoms with Gasteiger partial charge in [0.05, 0.1) is 18.8 Å². The molecule has 0 bridgehead atoms. The summed E-state index contributed by atoms with van der Waals surface area (Å²) < 4.78 is 16.0. The van der Waals surface area contributed by atoms with E-state index in [2.05, 4.69) is 4.74 Å². The van der Waals surface area contributed by atoms with Crippen LogP contribution in [0.1, 0.15) is 39.2 Å². The number of carboxylic acid groups (broad SMARTS) is 1. The molecular weight excluding hydrogens is 276 g/mol. The summed E-state index contributed by atoms with van der Waals surface area (Å²) >= 11 is 0. The number of ether oxygens (including phenoxy) is 3. The van der Waals surface area contributed by atoms with E-state index in [1.165, 1.54) is 6.07 Å². The molecule has 1 aromatic carbocycles. The normalized spacial score (nSPS) is 11.4. The van der Waals surface area contributed by atoms with E-state index in [1.54, 1.807) is 19.1 Å². The lowest BCUT2D eigenvalue weighted by Gasteiger charge is -2.31. The highest BCUT2D eigenvalue weighted by Crippen LogP contribution is 2.39. The standard InChI is InChI=1S/C15H22O6/c1-4-9-19-15(3,20-10-5-2)11-7-6-8-12(13(11)16)21-14(17)18/h6-8,16H,4-5,9-10H2,1-3H3,(H,17,18). The second kappa shape index (κ2) is 7.85. The highest BCUT2D eigenvalue weighted by molar-refractivity contribution is 5.63. The van der Waals surface area contributed by atoms with Crippen molar-refractivity contribution < 1.29 is 29.2 Å². The van der Waals surface area contributed by atoms with Crippen LogP contribution in [0, 0.1) is 0 Å². The van der Waals surface area contributed by atoms with Crippen molar-refractivity contribution in [1.82, 2.24) is 0 Å². The zero-order chi connectivity index (χ0) is 15.9. The number of aromatic hydroxyl groups is 1. The second-order valence-corrected chi connectivity index (χ2v) is 4.66. The number of hydrogen-bond acceptors (Lipinski definition) is 5. The maximum Gasteiger partial charge on any atom is 0.511 e. The molecule has 0 fully saturated rings. The van der Waals surface area contributed by atoms with Gasteiger partial charge in [0.2, 0.25) is 0 Å². The lowest BCUT2D eigenvalue weighted by Crippen LogP contribution is -2.30. The molecule has 0 atom stereocenters. The molecule has 0 unspecified atom stereocenters. The van der Waals surface area contributed by atoms with Gasteiger partial charge in [-0.15, -0.1) is 0 Å². The highest BCUT2D eigenvalue weighted by Gasteiger charge is 2.32. The molecule has 0 aliphatic carbocycles. The number of benzene rings is 1. The molecule has 6 nitrogen and oxygen atoms in total. The molecule has 0 heterocycles. The third-order valence-electron chi connectivity index (χ3n) is 2.85. The van der Waals surface area contributed by atoms with Crippen LogP contribution in [0.4, 0.5) is 4.79 Å². The van der Waals surface area contributed by atoms with Crippen LogP contribution in [0.15, 0.2) is 18.2 Å². The first kappa shape index (κ1) is 17.3. The summed E-state index contributed by atoms with van der Waals surface area (Å²) in [5, 5.41) is 18.9. The molecule has 0 spiro atoms. The Labute approximate surface area is 124 Å². The van der Waals surface area contributed by atoms with Gasteiger partial charge in [0, 0.05) is 0 Å². The predicted molar refractivity (Wildman–Crippen MR) is 76.6 cm³/mol. The average molecular weight is 298 g/mol. The van der Waals surface area contributed by atoms with Crippen molar-refractivity contribution in [3.8, 4) is 11.5 Å². The number of phenolic OH excluding ortho intramolecular Hbond substituents is 1. The van der Waals surface area contributed by atoms with Crippen LogP contribution in [0.5, 0.6) is 11.5 Å². The fourth-order valence-corrected chi connectivity index (χ4v) is 1.86. The molecule has 0 aliphatic heterocycles. The second-order valence-electron chi connectivity index (χ2n) is 4.66. The van der Waals surface area contributed by atoms with Crippen molar-refractivity contribution in [1.29, 1.82) is 0 Å². The van der Waals surface area contributed by atoms with Crippen molar-refractivity contribution in [2.24, 2.45) is 0 Å². The molecule has 1 aromatic rings. The Kier molecular flexibility index (Phi) is 6.45. The van der Waals surface area contributed by atoms with Gasteiger partial charge in [-0.1, -0.05) is 19.9 Å². The zero-order valence-corrected chi connectivity index (χ0v) is 12.6. The monoisotopic (exact) mass is 298 g/mol. The third kappa shape index (κ3) is 4.61. The quantitative estimate of drug-likeness (QED) is 0.434. The fourth-order valence-electron chi connectivity index (χ4n) is 1.86. The lowest BCUT2D eigenvalue weighted by molar-refractivity contribution is -0.235. The molecule has 2 N–H and O–H groups in total. The van der Waals surface area contributed by atoms with E-state index >= 15 is 0 Å². The van der Waals surface area contributed by atoms with Gasteiger partial charge in [0.25, 0.3) is 0 Å². The summed E-state index contributed by atoms with van der Waals surface area (Å²) in [6.07, 6.45) is 0.0852. The Morgan fingerprint density at radius 1 is 1.19 bits per heavy atom. The van der Waals surface area contributed by atoms with E-state index in [0.717, 1.165) is 12.8 Å². The topological polar surface area (TPSA) is 85.2 Å². The fraction of sp³-hybridized carbons (Fsp3) is 0.533. The van der Waals surface area contributed by atoms with E-state index in [1.807, 2.05) is 13.8 Å². The Morgan fingerprint density at radius 3 is 2.24 bits per heavy atom. The van der Waals surface area contributed by atoms with Crippen LogP contribution in [0.3, 0.4) is 0 Å². The van der Waals surface area contributed by atoms with E-state index in [0.29, 0.717) is 18.8 Å². The first-order chi connectivity index (χ1) is 9.94. The Balaban J connectivity index is 3.14. The van der Waals surface area contributed by atoms with Crippen LogP contribution < -0.4 is 4.74 Å². The number of phenols is 1. The molecule has 118 valence electrons. The van der Waals surface area contributed by atoms with Crippen LogP contribution in [0.2, 0.25) is 0 Å². The highest BCUT2D eigenvalue weighted by atomic mass is 16.7. The molecule has 0 aromatic heterocycles. The van der Waals surface area contributed by atoms with Crippen molar-refractivity contribution in [3.63, 3.8) is 0 Å². The van der Waals surface area contributed by atoms with E-state index in [-0.39, 0.29) is 11.5 Å². The van der Waals surface area contributed by atoms with Gasteiger partial charge in [-0.2, -0.15) is 0 Å². The Bertz CT molecular complexity index is 463. The van der Waals surface area contributed by atoms with Crippen molar-refractivity contribution in [2.45, 2.75) is 39.4 Å². The molecule has 0 saturated heterocycles. The summed E-state index contributed by atoms with van der Waals surface area (Å²) in [5.74, 6) is -1.60. The van der Waals surface area contributed by atoms with Gasteiger partial charge in [-0.25, -0.2) is 4.79 Å². The molecular formula is C15H22O6. The minimum atomic E-state index is -1.49. The average Bonchev–Trinajstić information content (AvgIpc) is 2.44. The number of hydrogen-bond donors (Lipinski definition) is 2. The van der Waals surface area contributed by atoms with Gasteiger partial charge < -0.3 is 24.4 Å². The third-order valence-corrected chi connectivity index (χ3v) is 2.85. The molecule has 0 amide bonds. The van der Waals surface area contributed by atoms with Crippen LogP contribution in [-0.4, -0.2) is 29.6 Å². The minimum Gasteiger partial charge on any atom is -0.504 e.